The van der Waals surface area contributed by atoms with Crippen LogP contribution >= 0.6 is 11.3 Å². The number of hydrogen-bond donors (Lipinski definition) is 4. The normalized spacial score (nSPS) is 19.1. The van der Waals surface area contributed by atoms with Gasteiger partial charge in [0.1, 0.15) is 10.5 Å². The van der Waals surface area contributed by atoms with Crippen LogP contribution in [0.25, 0.3) is 20.7 Å². The molecule has 0 aliphatic carbocycles. The van der Waals surface area contributed by atoms with Gasteiger partial charge in [0.25, 0.3) is 5.56 Å². The number of aliphatic carboxylic acids is 2. The van der Waals surface area contributed by atoms with Gasteiger partial charge in [0, 0.05) is 16.6 Å². The highest BCUT2D eigenvalue weighted by molar-refractivity contribution is 7.22. The molecular weight excluding hydrogens is 666 g/mol. The maximum atomic E-state index is 12.6. The highest BCUT2D eigenvalue weighted by Crippen LogP contribution is 2.40. The van der Waals surface area contributed by atoms with E-state index in [1.807, 2.05) is 19.2 Å². The van der Waals surface area contributed by atoms with Crippen LogP contribution in [0.2, 0.25) is 0 Å². The number of fused-ring (bicyclic) bond motifs is 4. The molecule has 5 aromatic rings. The fraction of sp³-hybridized carbons (Fsp3) is 0.286. The highest BCUT2D eigenvalue weighted by atomic mass is 32.1. The lowest BCUT2D eigenvalue weighted by Gasteiger charge is -2.44. The fourth-order valence-corrected chi connectivity index (χ4v) is 7.16. The number of thiophene rings is 1. The van der Waals surface area contributed by atoms with Crippen LogP contribution in [0.5, 0.6) is 0 Å². The van der Waals surface area contributed by atoms with Crippen LogP contribution in [0.1, 0.15) is 57.5 Å². The summed E-state index contributed by atoms with van der Waals surface area (Å²) in [5, 5.41) is 25.5. The molecule has 14 nitrogen and oxygen atoms in total. The van der Waals surface area contributed by atoms with Crippen molar-refractivity contribution in [2.45, 2.75) is 44.4 Å². The van der Waals surface area contributed by atoms with E-state index in [0.717, 1.165) is 52.9 Å². The number of carbonyl (C=O) groups is 4. The van der Waals surface area contributed by atoms with Gasteiger partial charge in [0.2, 0.25) is 12.2 Å². The molecule has 0 radical (unpaired) electrons. The second-order valence-electron chi connectivity index (χ2n) is 12.0. The quantitative estimate of drug-likeness (QED) is 0.158. The van der Waals surface area contributed by atoms with E-state index in [1.165, 1.54) is 72.7 Å². The molecule has 3 aromatic heterocycles. The summed E-state index contributed by atoms with van der Waals surface area (Å²) in [6, 6.07) is 17.1. The molecule has 3 atom stereocenters. The number of esters is 2. The molecule has 8 rings (SSSR count). The van der Waals surface area contributed by atoms with Crippen molar-refractivity contribution in [3.8, 4) is 10.4 Å². The summed E-state index contributed by atoms with van der Waals surface area (Å²) in [5.74, 6) is -4.01. The number of nitrogens with one attached hydrogen (secondary N) is 2. The SMILES string of the molecule is Cc1n[nH]cc1-c1cc2nc([C@@H]3CC4CCN3CC4)[nH]c(=O)c2s1.O=C(O[C@H](C(=O)O)[C@H](OC(=O)c1ccccc1)C(=O)O)c1ccccc1. The van der Waals surface area contributed by atoms with Crippen LogP contribution in [0.4, 0.5) is 0 Å². The van der Waals surface area contributed by atoms with Crippen molar-refractivity contribution < 1.29 is 38.9 Å². The minimum Gasteiger partial charge on any atom is -0.478 e. The molecule has 6 heterocycles. The van der Waals surface area contributed by atoms with Crippen LogP contribution in [0.3, 0.4) is 0 Å². The van der Waals surface area contributed by atoms with Crippen molar-refractivity contribution in [2.24, 2.45) is 5.92 Å². The van der Waals surface area contributed by atoms with Crippen LogP contribution in [0.15, 0.2) is 77.7 Å². The van der Waals surface area contributed by atoms with Gasteiger partial charge < -0.3 is 24.7 Å². The Kier molecular flexibility index (Phi) is 10.2. The Bertz CT molecular complexity index is 2000. The summed E-state index contributed by atoms with van der Waals surface area (Å²) in [7, 11) is 0. The topological polar surface area (TPSA) is 205 Å². The van der Waals surface area contributed by atoms with E-state index in [0.29, 0.717) is 4.70 Å². The molecule has 0 spiro atoms. The molecule has 3 aliphatic heterocycles. The van der Waals surface area contributed by atoms with Crippen molar-refractivity contribution in [3.63, 3.8) is 0 Å². The molecule has 4 N–H and O–H groups in total. The average molecular weight is 700 g/mol. The lowest BCUT2D eigenvalue weighted by Crippen LogP contribution is -2.45. The second kappa shape index (κ2) is 14.8. The van der Waals surface area contributed by atoms with Crippen molar-refractivity contribution in [3.05, 3.63) is 106 Å². The first-order valence-electron chi connectivity index (χ1n) is 15.8. The number of aromatic amines is 2. The summed E-state index contributed by atoms with van der Waals surface area (Å²) in [4.78, 5) is 70.8. The predicted octanol–water partition coefficient (Wildman–Crippen LogP) is 4.45. The van der Waals surface area contributed by atoms with E-state index in [2.05, 4.69) is 20.1 Å². The summed E-state index contributed by atoms with van der Waals surface area (Å²) in [6.07, 6.45) is 1.13. The minimum atomic E-state index is -2.21. The van der Waals surface area contributed by atoms with Crippen LogP contribution in [-0.2, 0) is 19.1 Å². The number of rotatable bonds is 9. The molecule has 2 aromatic carbocycles. The Balaban J connectivity index is 0.000000173. The number of nitrogens with zero attached hydrogens (tertiary/aromatic N) is 3. The maximum Gasteiger partial charge on any atom is 0.349 e. The molecule has 0 saturated carbocycles. The van der Waals surface area contributed by atoms with Crippen LogP contribution in [-0.4, -0.2) is 84.5 Å². The third-order valence-corrected chi connectivity index (χ3v) is 9.86. The summed E-state index contributed by atoms with van der Waals surface area (Å²) in [6.45, 7) is 4.21. The van der Waals surface area contributed by atoms with Gasteiger partial charge in [-0.1, -0.05) is 36.4 Å². The van der Waals surface area contributed by atoms with Crippen molar-refractivity contribution in [1.82, 2.24) is 25.1 Å². The van der Waals surface area contributed by atoms with E-state index in [-0.39, 0.29) is 22.7 Å². The minimum absolute atomic E-state index is 0.0185. The smallest absolute Gasteiger partial charge is 0.349 e. The number of benzene rings is 2. The first-order chi connectivity index (χ1) is 24.1. The molecule has 15 heteroatoms. The summed E-state index contributed by atoms with van der Waals surface area (Å²) < 4.78 is 10.2. The zero-order chi connectivity index (χ0) is 35.4. The van der Waals surface area contributed by atoms with E-state index in [9.17, 15) is 34.2 Å². The molecule has 2 bridgehead atoms. The summed E-state index contributed by atoms with van der Waals surface area (Å²) in [5.41, 5.74) is 2.81. The Morgan fingerprint density at radius 1 is 0.900 bits per heavy atom. The number of aromatic nitrogens is 4. The van der Waals surface area contributed by atoms with Gasteiger partial charge in [-0.05, 0) is 75.5 Å². The lowest BCUT2D eigenvalue weighted by molar-refractivity contribution is -0.166. The van der Waals surface area contributed by atoms with Crippen LogP contribution in [0, 0.1) is 12.8 Å². The third kappa shape index (κ3) is 7.48. The highest BCUT2D eigenvalue weighted by Gasteiger charge is 2.41. The second-order valence-corrected chi connectivity index (χ2v) is 13.0. The maximum absolute atomic E-state index is 12.6. The number of hydrogen-bond acceptors (Lipinski definition) is 11. The van der Waals surface area contributed by atoms with Gasteiger partial charge in [-0.25, -0.2) is 24.2 Å². The van der Waals surface area contributed by atoms with Crippen molar-refractivity contribution in [2.75, 3.05) is 13.1 Å². The Morgan fingerprint density at radius 2 is 1.46 bits per heavy atom. The van der Waals surface area contributed by atoms with E-state index >= 15 is 0 Å². The predicted molar refractivity (Wildman–Crippen MR) is 181 cm³/mol. The standard InChI is InChI=1S/C18H14O8.C17H19N5OS/c19-15(20)13(25-17(23)11-7-3-1-4-8-11)14(16(21)22)26-18(24)12-9-5-2-6-10-12;1-9-11(8-18-21-9)14-7-12-15(24-14)17(23)20-16(19-12)13-6-10-2-4-22(13)5-3-10/h1-10,13-14H,(H,19,20)(H,21,22);7-8,10,13H,2-6H2,1H3,(H,18,21)(H,19,20,23)/t13-,14-;13-/m00/s1. The molecule has 258 valence electrons. The van der Waals surface area contributed by atoms with E-state index < -0.39 is 36.1 Å². The first-order valence-corrected chi connectivity index (χ1v) is 16.7. The number of carboxylic acid groups (broad SMARTS) is 2. The van der Waals surface area contributed by atoms with Crippen LogP contribution < -0.4 is 5.56 Å². The molecule has 50 heavy (non-hydrogen) atoms. The van der Waals surface area contributed by atoms with Crippen molar-refractivity contribution >= 4 is 45.4 Å². The molecule has 3 aliphatic rings. The van der Waals surface area contributed by atoms with Gasteiger partial charge in [0.15, 0.2) is 0 Å². The fourth-order valence-electron chi connectivity index (χ4n) is 6.10. The van der Waals surface area contributed by atoms with Gasteiger partial charge in [-0.15, -0.1) is 11.3 Å². The third-order valence-electron chi connectivity index (χ3n) is 8.71. The van der Waals surface area contributed by atoms with E-state index in [4.69, 9.17) is 14.5 Å². The summed E-state index contributed by atoms with van der Waals surface area (Å²) >= 11 is 1.49. The Hall–Kier alpha value is -5.67. The zero-order valence-corrected chi connectivity index (χ0v) is 27.6. The number of carboxylic acids is 2. The molecule has 3 saturated heterocycles. The van der Waals surface area contributed by atoms with E-state index in [1.54, 1.807) is 12.1 Å². The Morgan fingerprint density at radius 3 is 1.92 bits per heavy atom. The molecule has 0 amide bonds. The number of carbonyl (C=O) groups excluding carboxylic acids is 2. The average Bonchev–Trinajstić information content (AvgIpc) is 3.77. The molecular formula is C35H33N5O9S. The van der Waals surface area contributed by atoms with Crippen molar-refractivity contribution in [1.29, 1.82) is 0 Å². The van der Waals surface area contributed by atoms with Gasteiger partial charge in [-0.3, -0.25) is 14.8 Å². The Labute approximate surface area is 288 Å². The molecule has 3 fully saturated rings. The molecule has 0 unspecified atom stereocenters. The largest absolute Gasteiger partial charge is 0.478 e. The zero-order valence-electron chi connectivity index (χ0n) is 26.8. The number of piperidine rings is 3. The van der Waals surface area contributed by atoms with Gasteiger partial charge in [0.05, 0.1) is 28.4 Å². The van der Waals surface area contributed by atoms with Gasteiger partial charge >= 0.3 is 23.9 Å². The van der Waals surface area contributed by atoms with Gasteiger partial charge in [-0.2, -0.15) is 5.10 Å². The number of aryl methyl sites for hydroxylation is 1. The lowest BCUT2D eigenvalue weighted by atomic mass is 9.83. The number of H-pyrrole nitrogens is 2. The number of ether oxygens (including phenoxy) is 2. The first kappa shape index (κ1) is 34.2. The monoisotopic (exact) mass is 699 g/mol.